The molecule has 0 aliphatic heterocycles. The second-order valence-electron chi connectivity index (χ2n) is 6.95. The molecule has 0 aromatic heterocycles. The van der Waals surface area contributed by atoms with E-state index in [9.17, 15) is 9.90 Å². The quantitative estimate of drug-likeness (QED) is 0.813. The molecule has 0 bridgehead atoms. The zero-order valence-corrected chi connectivity index (χ0v) is 13.9. The van der Waals surface area contributed by atoms with Crippen LogP contribution >= 0.6 is 0 Å². The molecular weight excluding hydrogens is 290 g/mol. The molecule has 2 N–H and O–H groups in total. The summed E-state index contributed by atoms with van der Waals surface area (Å²) >= 11 is 0. The van der Waals surface area contributed by atoms with E-state index in [-0.39, 0.29) is 18.6 Å². The van der Waals surface area contributed by atoms with Crippen molar-refractivity contribution in [3.8, 4) is 5.75 Å². The van der Waals surface area contributed by atoms with E-state index in [1.807, 2.05) is 24.3 Å². The highest BCUT2D eigenvalue weighted by Crippen LogP contribution is 2.43. The Kier molecular flexibility index (Phi) is 4.90. The van der Waals surface area contributed by atoms with Crippen molar-refractivity contribution in [2.75, 3.05) is 13.7 Å². The summed E-state index contributed by atoms with van der Waals surface area (Å²) in [6.45, 7) is 0.133. The van der Waals surface area contributed by atoms with Gasteiger partial charge in [0.1, 0.15) is 5.75 Å². The van der Waals surface area contributed by atoms with Gasteiger partial charge in [0.2, 0.25) is 5.91 Å². The number of aliphatic hydroxyl groups is 1. The van der Waals surface area contributed by atoms with Crippen LogP contribution in [0.3, 0.4) is 0 Å². The summed E-state index contributed by atoms with van der Waals surface area (Å²) in [5.41, 5.74) is 0.627. The largest absolute Gasteiger partial charge is 0.497 e. The Morgan fingerprint density at radius 3 is 2.74 bits per heavy atom. The maximum absolute atomic E-state index is 13.2. The fourth-order valence-electron chi connectivity index (χ4n) is 3.92. The molecule has 1 aromatic carbocycles. The van der Waals surface area contributed by atoms with Gasteiger partial charge in [0.15, 0.2) is 0 Å². The summed E-state index contributed by atoms with van der Waals surface area (Å²) in [5, 5.41) is 12.5. The lowest BCUT2D eigenvalue weighted by Crippen LogP contribution is -2.48. The standard InChI is InChI=1S/C19H27NO3/c1-23-16-6-4-5-15(13-16)19(10-2-3-11-19)18(22)20-17(9-12-21)14-7-8-14/h4-6,13-14,17,21H,2-3,7-12H2,1H3,(H,20,22). The lowest BCUT2D eigenvalue weighted by Gasteiger charge is -2.31. The highest BCUT2D eigenvalue weighted by Gasteiger charge is 2.44. The van der Waals surface area contributed by atoms with E-state index in [1.165, 1.54) is 0 Å². The van der Waals surface area contributed by atoms with Crippen molar-refractivity contribution in [3.05, 3.63) is 29.8 Å². The number of carbonyl (C=O) groups excluding carboxylic acids is 1. The van der Waals surface area contributed by atoms with Crippen molar-refractivity contribution < 1.29 is 14.6 Å². The Hall–Kier alpha value is -1.55. The van der Waals surface area contributed by atoms with E-state index in [4.69, 9.17) is 4.74 Å². The second-order valence-corrected chi connectivity index (χ2v) is 6.95. The molecule has 1 atom stereocenters. The van der Waals surface area contributed by atoms with Crippen LogP contribution in [-0.2, 0) is 10.2 Å². The molecular formula is C19H27NO3. The van der Waals surface area contributed by atoms with Gasteiger partial charge in [0.25, 0.3) is 0 Å². The van der Waals surface area contributed by atoms with E-state index in [1.54, 1.807) is 7.11 Å². The van der Waals surface area contributed by atoms with Gasteiger partial charge in [-0.3, -0.25) is 4.79 Å². The van der Waals surface area contributed by atoms with Gasteiger partial charge in [-0.15, -0.1) is 0 Å². The van der Waals surface area contributed by atoms with Crippen LogP contribution in [0, 0.1) is 5.92 Å². The monoisotopic (exact) mass is 317 g/mol. The summed E-state index contributed by atoms with van der Waals surface area (Å²) in [6.07, 6.45) is 6.93. The number of ether oxygens (including phenoxy) is 1. The molecule has 2 fully saturated rings. The van der Waals surface area contributed by atoms with Gasteiger partial charge in [-0.1, -0.05) is 25.0 Å². The van der Waals surface area contributed by atoms with Crippen molar-refractivity contribution in [3.63, 3.8) is 0 Å². The van der Waals surface area contributed by atoms with Gasteiger partial charge in [0.05, 0.1) is 12.5 Å². The summed E-state index contributed by atoms with van der Waals surface area (Å²) in [5.74, 6) is 1.49. The number of hydrogen-bond acceptors (Lipinski definition) is 3. The predicted molar refractivity (Wildman–Crippen MR) is 89.5 cm³/mol. The zero-order chi connectivity index (χ0) is 16.3. The molecule has 0 saturated heterocycles. The first-order chi connectivity index (χ1) is 11.2. The molecule has 2 aliphatic rings. The van der Waals surface area contributed by atoms with Crippen LogP contribution in [0.15, 0.2) is 24.3 Å². The lowest BCUT2D eigenvalue weighted by atomic mass is 9.77. The fourth-order valence-corrected chi connectivity index (χ4v) is 3.92. The smallest absolute Gasteiger partial charge is 0.230 e. The van der Waals surface area contributed by atoms with E-state index < -0.39 is 5.41 Å². The molecule has 4 nitrogen and oxygen atoms in total. The number of nitrogens with one attached hydrogen (secondary N) is 1. The maximum atomic E-state index is 13.2. The summed E-state index contributed by atoms with van der Waals surface area (Å²) in [7, 11) is 1.66. The third-order valence-electron chi connectivity index (χ3n) is 5.46. The molecule has 0 radical (unpaired) electrons. The topological polar surface area (TPSA) is 58.6 Å². The number of benzene rings is 1. The summed E-state index contributed by atoms with van der Waals surface area (Å²) in [6, 6.07) is 8.06. The van der Waals surface area contributed by atoms with Crippen LogP contribution < -0.4 is 10.1 Å². The van der Waals surface area contributed by atoms with Gasteiger partial charge in [-0.05, 0) is 55.7 Å². The fraction of sp³-hybridized carbons (Fsp3) is 0.632. The molecule has 23 heavy (non-hydrogen) atoms. The number of carbonyl (C=O) groups is 1. The Morgan fingerprint density at radius 2 is 2.13 bits per heavy atom. The lowest BCUT2D eigenvalue weighted by molar-refractivity contribution is -0.127. The second kappa shape index (κ2) is 6.91. The zero-order valence-electron chi connectivity index (χ0n) is 13.9. The third kappa shape index (κ3) is 3.37. The number of rotatable bonds is 7. The number of aliphatic hydroxyl groups excluding tert-OH is 1. The van der Waals surface area contributed by atoms with E-state index in [0.29, 0.717) is 12.3 Å². The van der Waals surface area contributed by atoms with Crippen LogP contribution in [0.1, 0.15) is 50.5 Å². The van der Waals surface area contributed by atoms with Crippen molar-refractivity contribution >= 4 is 5.91 Å². The van der Waals surface area contributed by atoms with Gasteiger partial charge in [0, 0.05) is 12.6 Å². The minimum Gasteiger partial charge on any atom is -0.497 e. The molecule has 4 heteroatoms. The predicted octanol–water partition coefficient (Wildman–Crippen LogP) is 2.78. The van der Waals surface area contributed by atoms with Gasteiger partial charge in [-0.2, -0.15) is 0 Å². The SMILES string of the molecule is COc1cccc(C2(C(=O)NC(CCO)C3CC3)CCCC2)c1. The average Bonchev–Trinajstić information content (AvgIpc) is 3.30. The van der Waals surface area contributed by atoms with Crippen molar-refractivity contribution in [2.24, 2.45) is 5.92 Å². The Balaban J connectivity index is 1.83. The average molecular weight is 317 g/mol. The molecule has 3 rings (SSSR count). The minimum atomic E-state index is -0.433. The van der Waals surface area contributed by atoms with Crippen molar-refractivity contribution in [1.82, 2.24) is 5.32 Å². The van der Waals surface area contributed by atoms with Crippen LogP contribution in [0.5, 0.6) is 5.75 Å². The highest BCUT2D eigenvalue weighted by molar-refractivity contribution is 5.89. The summed E-state index contributed by atoms with van der Waals surface area (Å²) in [4.78, 5) is 13.2. The first-order valence-electron chi connectivity index (χ1n) is 8.76. The summed E-state index contributed by atoms with van der Waals surface area (Å²) < 4.78 is 5.34. The maximum Gasteiger partial charge on any atom is 0.230 e. The first kappa shape index (κ1) is 16.3. The molecule has 2 saturated carbocycles. The van der Waals surface area contributed by atoms with E-state index in [0.717, 1.165) is 49.8 Å². The number of amides is 1. The van der Waals surface area contributed by atoms with Gasteiger partial charge in [-0.25, -0.2) is 0 Å². The Bertz CT molecular complexity index is 547. The number of hydrogen-bond donors (Lipinski definition) is 2. The highest BCUT2D eigenvalue weighted by atomic mass is 16.5. The first-order valence-corrected chi connectivity index (χ1v) is 8.76. The van der Waals surface area contributed by atoms with Crippen molar-refractivity contribution in [1.29, 1.82) is 0 Å². The normalized spacial score (nSPS) is 21.0. The Morgan fingerprint density at radius 1 is 1.39 bits per heavy atom. The third-order valence-corrected chi connectivity index (χ3v) is 5.46. The van der Waals surface area contributed by atoms with E-state index in [2.05, 4.69) is 5.32 Å². The van der Waals surface area contributed by atoms with Gasteiger partial charge >= 0.3 is 0 Å². The molecule has 1 unspecified atom stereocenters. The van der Waals surface area contributed by atoms with Crippen molar-refractivity contribution in [2.45, 2.75) is 56.4 Å². The molecule has 126 valence electrons. The molecule has 1 aromatic rings. The molecule has 0 spiro atoms. The number of methoxy groups -OCH3 is 1. The molecule has 0 heterocycles. The van der Waals surface area contributed by atoms with Crippen LogP contribution in [-0.4, -0.2) is 30.8 Å². The van der Waals surface area contributed by atoms with Crippen LogP contribution in [0.2, 0.25) is 0 Å². The molecule has 1 amide bonds. The van der Waals surface area contributed by atoms with Crippen LogP contribution in [0.25, 0.3) is 0 Å². The van der Waals surface area contributed by atoms with E-state index >= 15 is 0 Å². The minimum absolute atomic E-state index is 0.121. The van der Waals surface area contributed by atoms with Crippen LogP contribution in [0.4, 0.5) is 0 Å². The molecule has 2 aliphatic carbocycles. The van der Waals surface area contributed by atoms with Gasteiger partial charge < -0.3 is 15.2 Å². The Labute approximate surface area is 138 Å².